The summed E-state index contributed by atoms with van der Waals surface area (Å²) in [5, 5.41) is 14.0. The van der Waals surface area contributed by atoms with Gasteiger partial charge in [-0.1, -0.05) is 11.6 Å². The van der Waals surface area contributed by atoms with Crippen LogP contribution in [-0.2, 0) is 18.0 Å². The summed E-state index contributed by atoms with van der Waals surface area (Å²) in [7, 11) is 1.60. The molecule has 2 heterocycles. The van der Waals surface area contributed by atoms with Gasteiger partial charge in [0.1, 0.15) is 6.10 Å². The lowest BCUT2D eigenvalue weighted by Crippen LogP contribution is -2.44. The zero-order chi connectivity index (χ0) is 18.9. The Morgan fingerprint density at radius 2 is 2.19 bits per heavy atom. The lowest BCUT2D eigenvalue weighted by Gasteiger charge is -2.31. The average molecular weight is 391 g/mol. The molecule has 0 radical (unpaired) electrons. The maximum absolute atomic E-state index is 12.8. The number of alkyl halides is 3. The predicted molar refractivity (Wildman–Crippen MR) is 84.5 cm³/mol. The second kappa shape index (κ2) is 7.08. The Labute approximate surface area is 150 Å². The van der Waals surface area contributed by atoms with Gasteiger partial charge in [-0.05, 0) is 23.4 Å². The van der Waals surface area contributed by atoms with Gasteiger partial charge in [0.15, 0.2) is 0 Å². The standard InChI is InChI=1S/C14H14ClF3N6O2/c1-23-21-12(20-22-23)11-7-24(4-5-26-11)13(25)19-10-6-8(14(16,17)18)2-3-9(10)15/h2-3,6,11H,4-5,7H2,1H3,(H,19,25). The summed E-state index contributed by atoms with van der Waals surface area (Å²) < 4.78 is 44.0. The summed E-state index contributed by atoms with van der Waals surface area (Å²) in [6.07, 6.45) is -5.11. The lowest BCUT2D eigenvalue weighted by molar-refractivity contribution is -0.137. The van der Waals surface area contributed by atoms with Crippen molar-refractivity contribution in [2.75, 3.05) is 25.0 Å². The fourth-order valence-corrected chi connectivity index (χ4v) is 2.57. The second-order valence-electron chi connectivity index (χ2n) is 5.57. The quantitative estimate of drug-likeness (QED) is 0.851. The molecule has 140 valence electrons. The van der Waals surface area contributed by atoms with Crippen molar-refractivity contribution in [3.63, 3.8) is 0 Å². The Morgan fingerprint density at radius 3 is 2.85 bits per heavy atom. The predicted octanol–water partition coefficient (Wildman–Crippen LogP) is 2.49. The molecule has 1 unspecified atom stereocenters. The van der Waals surface area contributed by atoms with Crippen LogP contribution in [0.5, 0.6) is 0 Å². The van der Waals surface area contributed by atoms with Crippen LogP contribution in [0.2, 0.25) is 5.02 Å². The Morgan fingerprint density at radius 1 is 1.42 bits per heavy atom. The van der Waals surface area contributed by atoms with Gasteiger partial charge in [-0.15, -0.1) is 10.2 Å². The number of aromatic nitrogens is 4. The first kappa shape index (κ1) is 18.4. The molecule has 26 heavy (non-hydrogen) atoms. The largest absolute Gasteiger partial charge is 0.416 e. The monoisotopic (exact) mass is 390 g/mol. The minimum Gasteiger partial charge on any atom is -0.366 e. The molecule has 1 aliphatic heterocycles. The first-order chi connectivity index (χ1) is 12.2. The Bertz CT molecular complexity index is 812. The van der Waals surface area contributed by atoms with Gasteiger partial charge in [0, 0.05) is 6.54 Å². The van der Waals surface area contributed by atoms with Crippen molar-refractivity contribution in [1.82, 2.24) is 25.1 Å². The molecule has 8 nitrogen and oxygen atoms in total. The SMILES string of the molecule is Cn1nnc(C2CN(C(=O)Nc3cc(C(F)(F)F)ccc3Cl)CCO2)n1. The molecule has 1 aliphatic rings. The fourth-order valence-electron chi connectivity index (χ4n) is 2.41. The first-order valence-electron chi connectivity index (χ1n) is 7.52. The van der Waals surface area contributed by atoms with Crippen molar-refractivity contribution in [2.24, 2.45) is 7.05 Å². The topological polar surface area (TPSA) is 85.2 Å². The van der Waals surface area contributed by atoms with Crippen molar-refractivity contribution < 1.29 is 22.7 Å². The zero-order valence-electron chi connectivity index (χ0n) is 13.5. The van der Waals surface area contributed by atoms with Crippen LogP contribution < -0.4 is 5.32 Å². The molecule has 12 heteroatoms. The van der Waals surface area contributed by atoms with E-state index < -0.39 is 23.9 Å². The molecule has 1 saturated heterocycles. The van der Waals surface area contributed by atoms with E-state index in [-0.39, 0.29) is 30.4 Å². The van der Waals surface area contributed by atoms with Crippen LogP contribution in [0.25, 0.3) is 0 Å². The number of nitrogens with zero attached hydrogens (tertiary/aromatic N) is 5. The Balaban J connectivity index is 1.71. The third-order valence-corrected chi connectivity index (χ3v) is 4.03. The second-order valence-corrected chi connectivity index (χ2v) is 5.97. The van der Waals surface area contributed by atoms with Crippen molar-refractivity contribution in [3.8, 4) is 0 Å². The number of ether oxygens (including phenoxy) is 1. The van der Waals surface area contributed by atoms with Crippen LogP contribution >= 0.6 is 11.6 Å². The number of rotatable bonds is 2. The first-order valence-corrected chi connectivity index (χ1v) is 7.90. The number of carbonyl (C=O) groups is 1. The summed E-state index contributed by atoms with van der Waals surface area (Å²) in [4.78, 5) is 15.1. The number of nitrogens with one attached hydrogen (secondary N) is 1. The summed E-state index contributed by atoms with van der Waals surface area (Å²) in [5.41, 5.74) is -1.02. The molecule has 1 fully saturated rings. The van der Waals surface area contributed by atoms with E-state index in [2.05, 4.69) is 20.7 Å². The van der Waals surface area contributed by atoms with E-state index in [4.69, 9.17) is 16.3 Å². The van der Waals surface area contributed by atoms with Gasteiger partial charge in [0.25, 0.3) is 0 Å². The molecule has 1 atom stereocenters. The maximum atomic E-state index is 12.8. The number of carbonyl (C=O) groups excluding carboxylic acids is 1. The Hall–Kier alpha value is -2.40. The van der Waals surface area contributed by atoms with E-state index in [0.29, 0.717) is 5.82 Å². The van der Waals surface area contributed by atoms with Gasteiger partial charge in [-0.25, -0.2) is 4.79 Å². The normalized spacial score (nSPS) is 18.0. The smallest absolute Gasteiger partial charge is 0.366 e. The number of hydrogen-bond donors (Lipinski definition) is 1. The van der Waals surface area contributed by atoms with E-state index in [0.717, 1.165) is 18.2 Å². The van der Waals surface area contributed by atoms with Crippen molar-refractivity contribution >= 4 is 23.3 Å². The number of benzene rings is 1. The minimum atomic E-state index is -4.54. The van der Waals surface area contributed by atoms with Crippen LogP contribution in [0.15, 0.2) is 18.2 Å². The molecule has 1 aromatic carbocycles. The molecule has 0 saturated carbocycles. The number of halogens is 4. The van der Waals surface area contributed by atoms with Gasteiger partial charge in [-0.2, -0.15) is 18.0 Å². The van der Waals surface area contributed by atoms with Crippen LogP contribution in [0.1, 0.15) is 17.5 Å². The molecule has 2 aromatic rings. The summed E-state index contributed by atoms with van der Waals surface area (Å²) in [6.45, 7) is 0.625. The number of aryl methyl sites for hydroxylation is 1. The highest BCUT2D eigenvalue weighted by Gasteiger charge is 2.32. The fraction of sp³-hybridized carbons (Fsp3) is 0.429. The molecule has 0 aliphatic carbocycles. The van der Waals surface area contributed by atoms with Gasteiger partial charge < -0.3 is 15.0 Å². The average Bonchev–Trinajstić information content (AvgIpc) is 3.02. The summed E-state index contributed by atoms with van der Waals surface area (Å²) >= 11 is 5.90. The van der Waals surface area contributed by atoms with E-state index in [1.807, 2.05) is 0 Å². The number of amides is 2. The minimum absolute atomic E-state index is 0.00625. The van der Waals surface area contributed by atoms with Crippen molar-refractivity contribution in [2.45, 2.75) is 12.3 Å². The molecule has 1 N–H and O–H groups in total. The third kappa shape index (κ3) is 4.05. The molecule has 2 amide bonds. The van der Waals surface area contributed by atoms with E-state index in [1.165, 1.54) is 9.70 Å². The molecule has 1 aromatic heterocycles. The maximum Gasteiger partial charge on any atom is 0.416 e. The van der Waals surface area contributed by atoms with Crippen LogP contribution in [0.4, 0.5) is 23.7 Å². The zero-order valence-corrected chi connectivity index (χ0v) is 14.3. The molecule has 0 spiro atoms. The number of tetrazole rings is 1. The Kier molecular flexibility index (Phi) is 5.01. The molecular weight excluding hydrogens is 377 g/mol. The molecular formula is C14H14ClF3N6O2. The van der Waals surface area contributed by atoms with Gasteiger partial charge >= 0.3 is 12.2 Å². The van der Waals surface area contributed by atoms with Crippen molar-refractivity contribution in [3.05, 3.63) is 34.6 Å². The highest BCUT2D eigenvalue weighted by molar-refractivity contribution is 6.33. The number of hydrogen-bond acceptors (Lipinski definition) is 5. The summed E-state index contributed by atoms with van der Waals surface area (Å²) in [5.74, 6) is 0.321. The van der Waals surface area contributed by atoms with E-state index >= 15 is 0 Å². The van der Waals surface area contributed by atoms with Gasteiger partial charge in [0.05, 0.1) is 36.5 Å². The van der Waals surface area contributed by atoms with Crippen molar-refractivity contribution in [1.29, 1.82) is 0 Å². The highest BCUT2D eigenvalue weighted by atomic mass is 35.5. The number of morpholine rings is 1. The van der Waals surface area contributed by atoms with E-state index in [9.17, 15) is 18.0 Å². The third-order valence-electron chi connectivity index (χ3n) is 3.70. The number of anilines is 1. The van der Waals surface area contributed by atoms with Crippen LogP contribution in [0, 0.1) is 0 Å². The number of urea groups is 1. The molecule has 0 bridgehead atoms. The highest BCUT2D eigenvalue weighted by Crippen LogP contribution is 2.34. The summed E-state index contributed by atoms with van der Waals surface area (Å²) in [6, 6.07) is 2.14. The van der Waals surface area contributed by atoms with Crippen LogP contribution in [0.3, 0.4) is 0 Å². The van der Waals surface area contributed by atoms with Gasteiger partial charge in [0.2, 0.25) is 5.82 Å². The van der Waals surface area contributed by atoms with Gasteiger partial charge in [-0.3, -0.25) is 0 Å². The lowest BCUT2D eigenvalue weighted by atomic mass is 10.2. The molecule has 3 rings (SSSR count). The van der Waals surface area contributed by atoms with Crippen LogP contribution in [-0.4, -0.2) is 50.8 Å². The van der Waals surface area contributed by atoms with E-state index in [1.54, 1.807) is 7.05 Å².